The van der Waals surface area contributed by atoms with Gasteiger partial charge in [-0.3, -0.25) is 4.98 Å². The molecule has 1 N–H and O–H groups in total. The summed E-state index contributed by atoms with van der Waals surface area (Å²) in [6, 6.07) is 0.616. The predicted molar refractivity (Wildman–Crippen MR) is 72.0 cm³/mol. The van der Waals surface area contributed by atoms with E-state index >= 15 is 0 Å². The summed E-state index contributed by atoms with van der Waals surface area (Å²) in [5.74, 6) is 0. The molecular formula is C13H24N2S. The summed E-state index contributed by atoms with van der Waals surface area (Å²) in [6.07, 6.45) is 5.65. The van der Waals surface area contributed by atoms with Crippen LogP contribution in [0, 0.1) is 5.41 Å². The number of nitrogens with zero attached hydrogens (tertiary/aromatic N) is 1. The lowest BCUT2D eigenvalue weighted by Gasteiger charge is -2.31. The van der Waals surface area contributed by atoms with Gasteiger partial charge in [0.25, 0.3) is 0 Å². The Morgan fingerprint density at radius 1 is 1.44 bits per heavy atom. The van der Waals surface area contributed by atoms with Gasteiger partial charge in [0.2, 0.25) is 0 Å². The van der Waals surface area contributed by atoms with Crippen LogP contribution in [-0.4, -0.2) is 17.6 Å². The zero-order chi connectivity index (χ0) is 12.0. The number of hydrogen-bond acceptors (Lipinski definition) is 3. The first kappa shape index (κ1) is 13.7. The molecule has 0 aliphatic carbocycles. The second kappa shape index (κ2) is 6.36. The first-order valence-electron chi connectivity index (χ1n) is 6.14. The molecule has 1 unspecified atom stereocenters. The second-order valence-corrected chi connectivity index (χ2v) is 6.31. The molecule has 0 radical (unpaired) electrons. The molecule has 1 atom stereocenters. The van der Waals surface area contributed by atoms with E-state index < -0.39 is 0 Å². The molecule has 92 valence electrons. The van der Waals surface area contributed by atoms with Crippen LogP contribution in [0.25, 0.3) is 0 Å². The molecule has 0 bridgehead atoms. The van der Waals surface area contributed by atoms with Crippen LogP contribution in [0.2, 0.25) is 0 Å². The molecule has 16 heavy (non-hydrogen) atoms. The largest absolute Gasteiger partial charge is 0.314 e. The van der Waals surface area contributed by atoms with E-state index in [0.717, 1.165) is 6.54 Å². The van der Waals surface area contributed by atoms with Crippen LogP contribution in [0.1, 0.15) is 45.4 Å². The Morgan fingerprint density at radius 2 is 2.19 bits per heavy atom. The summed E-state index contributed by atoms with van der Waals surface area (Å²) in [7, 11) is 0. The maximum absolute atomic E-state index is 4.11. The molecule has 1 aromatic rings. The SMILES string of the molecule is CCNC(CCCc1cncs1)C(C)(C)C. The monoisotopic (exact) mass is 240 g/mol. The van der Waals surface area contributed by atoms with E-state index in [1.807, 2.05) is 11.7 Å². The number of hydrogen-bond donors (Lipinski definition) is 1. The van der Waals surface area contributed by atoms with Crippen molar-refractivity contribution < 1.29 is 0 Å². The average molecular weight is 240 g/mol. The van der Waals surface area contributed by atoms with Gasteiger partial charge in [0.1, 0.15) is 0 Å². The molecule has 0 spiro atoms. The summed E-state index contributed by atoms with van der Waals surface area (Å²) in [6.45, 7) is 10.2. The van der Waals surface area contributed by atoms with Crippen molar-refractivity contribution in [1.82, 2.24) is 10.3 Å². The van der Waals surface area contributed by atoms with Crippen LogP contribution >= 0.6 is 11.3 Å². The van der Waals surface area contributed by atoms with Crippen LogP contribution in [0.5, 0.6) is 0 Å². The first-order valence-corrected chi connectivity index (χ1v) is 7.02. The maximum Gasteiger partial charge on any atom is 0.0794 e. The van der Waals surface area contributed by atoms with Crippen molar-refractivity contribution in [3.63, 3.8) is 0 Å². The smallest absolute Gasteiger partial charge is 0.0794 e. The Hall–Kier alpha value is -0.410. The molecule has 0 saturated carbocycles. The molecule has 0 aromatic carbocycles. The third kappa shape index (κ3) is 4.62. The number of thiazole rings is 1. The van der Waals surface area contributed by atoms with Crippen molar-refractivity contribution >= 4 is 11.3 Å². The van der Waals surface area contributed by atoms with Gasteiger partial charge < -0.3 is 5.32 Å². The third-order valence-corrected chi connectivity index (χ3v) is 3.73. The van der Waals surface area contributed by atoms with Gasteiger partial charge in [-0.25, -0.2) is 0 Å². The molecular weight excluding hydrogens is 216 g/mol. The van der Waals surface area contributed by atoms with Gasteiger partial charge in [0.15, 0.2) is 0 Å². The fourth-order valence-corrected chi connectivity index (χ4v) is 2.57. The second-order valence-electron chi connectivity index (χ2n) is 5.34. The van der Waals surface area contributed by atoms with E-state index in [9.17, 15) is 0 Å². The van der Waals surface area contributed by atoms with Crippen molar-refractivity contribution in [1.29, 1.82) is 0 Å². The van der Waals surface area contributed by atoms with Gasteiger partial charge in [0.05, 0.1) is 5.51 Å². The Bertz CT molecular complexity index is 275. The predicted octanol–water partition coefficient (Wildman–Crippen LogP) is 3.49. The number of nitrogens with one attached hydrogen (secondary N) is 1. The Morgan fingerprint density at radius 3 is 2.69 bits per heavy atom. The standard InChI is InChI=1S/C13H24N2S/c1-5-15-12(13(2,3)4)8-6-7-11-9-14-10-16-11/h9-10,12,15H,5-8H2,1-4H3. The number of aryl methyl sites for hydroxylation is 1. The van der Waals surface area contributed by atoms with Crippen molar-refractivity contribution in [3.05, 3.63) is 16.6 Å². The molecule has 1 rings (SSSR count). The van der Waals surface area contributed by atoms with Gasteiger partial charge in [0, 0.05) is 17.1 Å². The van der Waals surface area contributed by atoms with Gasteiger partial charge in [-0.15, -0.1) is 11.3 Å². The highest BCUT2D eigenvalue weighted by molar-refractivity contribution is 7.09. The summed E-state index contributed by atoms with van der Waals surface area (Å²) in [5.41, 5.74) is 2.27. The van der Waals surface area contributed by atoms with Crippen molar-refractivity contribution in [3.8, 4) is 0 Å². The summed E-state index contributed by atoms with van der Waals surface area (Å²) < 4.78 is 0. The molecule has 0 aliphatic heterocycles. The van der Waals surface area contributed by atoms with E-state index in [2.05, 4.69) is 38.0 Å². The van der Waals surface area contributed by atoms with E-state index in [1.54, 1.807) is 11.3 Å². The minimum Gasteiger partial charge on any atom is -0.314 e. The fraction of sp³-hybridized carbons (Fsp3) is 0.769. The van der Waals surface area contributed by atoms with Gasteiger partial charge >= 0.3 is 0 Å². The lowest BCUT2D eigenvalue weighted by Crippen LogP contribution is -2.40. The number of aromatic nitrogens is 1. The zero-order valence-electron chi connectivity index (χ0n) is 10.9. The molecule has 0 fully saturated rings. The first-order chi connectivity index (χ1) is 7.54. The van der Waals surface area contributed by atoms with Crippen molar-refractivity contribution in [2.24, 2.45) is 5.41 Å². The van der Waals surface area contributed by atoms with Crippen LogP contribution in [-0.2, 0) is 6.42 Å². The molecule has 3 heteroatoms. The topological polar surface area (TPSA) is 24.9 Å². The highest BCUT2D eigenvalue weighted by Crippen LogP contribution is 2.23. The van der Waals surface area contributed by atoms with E-state index in [4.69, 9.17) is 0 Å². The van der Waals surface area contributed by atoms with Crippen molar-refractivity contribution in [2.75, 3.05) is 6.54 Å². The van der Waals surface area contributed by atoms with E-state index in [0.29, 0.717) is 11.5 Å². The van der Waals surface area contributed by atoms with Crippen LogP contribution < -0.4 is 5.32 Å². The molecule has 0 aliphatic rings. The molecule has 1 heterocycles. The molecule has 2 nitrogen and oxygen atoms in total. The maximum atomic E-state index is 4.11. The van der Waals surface area contributed by atoms with Gasteiger partial charge in [-0.2, -0.15) is 0 Å². The Labute approximate surface area is 103 Å². The fourth-order valence-electron chi connectivity index (χ4n) is 1.93. The summed E-state index contributed by atoms with van der Waals surface area (Å²) >= 11 is 1.76. The van der Waals surface area contributed by atoms with Crippen LogP contribution in [0.4, 0.5) is 0 Å². The highest BCUT2D eigenvalue weighted by Gasteiger charge is 2.22. The van der Waals surface area contributed by atoms with Gasteiger partial charge in [-0.1, -0.05) is 27.7 Å². The van der Waals surface area contributed by atoms with E-state index in [-0.39, 0.29) is 0 Å². The zero-order valence-corrected chi connectivity index (χ0v) is 11.7. The quantitative estimate of drug-likeness (QED) is 0.823. The summed E-state index contributed by atoms with van der Waals surface area (Å²) in [5, 5.41) is 3.59. The minimum atomic E-state index is 0.351. The van der Waals surface area contributed by atoms with E-state index in [1.165, 1.54) is 24.1 Å². The van der Waals surface area contributed by atoms with Gasteiger partial charge in [-0.05, 0) is 31.2 Å². The van der Waals surface area contributed by atoms with Crippen LogP contribution in [0.3, 0.4) is 0 Å². The Balaban J connectivity index is 2.33. The Kier molecular flexibility index (Phi) is 5.42. The molecule has 1 aromatic heterocycles. The van der Waals surface area contributed by atoms with Crippen LogP contribution in [0.15, 0.2) is 11.7 Å². The molecule has 0 saturated heterocycles. The normalized spacial score (nSPS) is 14.0. The molecule has 0 amide bonds. The van der Waals surface area contributed by atoms with Crippen molar-refractivity contribution in [2.45, 2.75) is 53.0 Å². The summed E-state index contributed by atoms with van der Waals surface area (Å²) in [4.78, 5) is 5.51. The average Bonchev–Trinajstić information content (AvgIpc) is 2.67. The highest BCUT2D eigenvalue weighted by atomic mass is 32.1. The lowest BCUT2D eigenvalue weighted by atomic mass is 9.83. The minimum absolute atomic E-state index is 0.351. The lowest BCUT2D eigenvalue weighted by molar-refractivity contribution is 0.254. The third-order valence-electron chi connectivity index (χ3n) is 2.90. The number of rotatable bonds is 6.